The van der Waals surface area contributed by atoms with Gasteiger partial charge in [0.25, 0.3) is 0 Å². The van der Waals surface area contributed by atoms with Crippen LogP contribution in [0, 0.1) is 11.3 Å². The first-order valence-corrected chi connectivity index (χ1v) is 7.68. The van der Waals surface area contributed by atoms with Crippen LogP contribution in [0.3, 0.4) is 0 Å². The highest BCUT2D eigenvalue weighted by Crippen LogP contribution is 2.47. The fourth-order valence-corrected chi connectivity index (χ4v) is 2.31. The minimum Gasteiger partial charge on any atom is -0.355 e. The van der Waals surface area contributed by atoms with Gasteiger partial charge in [0, 0.05) is 6.54 Å². The maximum absolute atomic E-state index is 12.4. The van der Waals surface area contributed by atoms with Crippen LogP contribution in [0.25, 0.3) is 0 Å². The van der Waals surface area contributed by atoms with Gasteiger partial charge in [0.2, 0.25) is 11.8 Å². The first-order valence-electron chi connectivity index (χ1n) is 7.30. The Bertz CT molecular complexity index is 539. The van der Waals surface area contributed by atoms with E-state index in [1.165, 1.54) is 0 Å². The van der Waals surface area contributed by atoms with Gasteiger partial charge in [0.1, 0.15) is 5.41 Å². The SMILES string of the molecule is CC(C)CCNC(=O)C1(C(=O)Nc2ccccc2Cl)CC1. The third kappa shape index (κ3) is 3.76. The molecule has 0 atom stereocenters. The molecule has 0 radical (unpaired) electrons. The van der Waals surface area contributed by atoms with E-state index in [9.17, 15) is 9.59 Å². The Kier molecular flexibility index (Phi) is 4.88. The molecule has 21 heavy (non-hydrogen) atoms. The molecule has 2 N–H and O–H groups in total. The highest BCUT2D eigenvalue weighted by atomic mass is 35.5. The van der Waals surface area contributed by atoms with Gasteiger partial charge in [0.15, 0.2) is 0 Å². The van der Waals surface area contributed by atoms with Gasteiger partial charge in [-0.2, -0.15) is 0 Å². The van der Waals surface area contributed by atoms with Crippen molar-refractivity contribution in [2.24, 2.45) is 11.3 Å². The molecular formula is C16H21ClN2O2. The number of hydrogen-bond acceptors (Lipinski definition) is 2. The average molecular weight is 309 g/mol. The molecule has 1 aliphatic rings. The second-order valence-corrected chi connectivity index (χ2v) is 6.36. The number of anilines is 1. The number of benzene rings is 1. The predicted octanol–water partition coefficient (Wildman–Crippen LogP) is 3.22. The van der Waals surface area contributed by atoms with E-state index in [4.69, 9.17) is 11.6 Å². The van der Waals surface area contributed by atoms with Gasteiger partial charge < -0.3 is 10.6 Å². The summed E-state index contributed by atoms with van der Waals surface area (Å²) in [4.78, 5) is 24.6. The zero-order valence-corrected chi connectivity index (χ0v) is 13.2. The lowest BCUT2D eigenvalue weighted by atomic mass is 10.0. The van der Waals surface area contributed by atoms with Crippen LogP contribution < -0.4 is 10.6 Å². The molecule has 0 spiro atoms. The summed E-state index contributed by atoms with van der Waals surface area (Å²) in [7, 11) is 0. The normalized spacial score (nSPS) is 15.6. The van der Waals surface area contributed by atoms with Gasteiger partial charge in [-0.3, -0.25) is 9.59 Å². The molecule has 0 aliphatic heterocycles. The second kappa shape index (κ2) is 6.48. The number of rotatable bonds is 6. The van der Waals surface area contributed by atoms with Crippen LogP contribution in [0.4, 0.5) is 5.69 Å². The lowest BCUT2D eigenvalue weighted by Crippen LogP contribution is -2.40. The van der Waals surface area contributed by atoms with Crippen molar-refractivity contribution in [1.29, 1.82) is 0 Å². The van der Waals surface area contributed by atoms with Crippen molar-refractivity contribution >= 4 is 29.1 Å². The Morgan fingerprint density at radius 2 is 1.90 bits per heavy atom. The summed E-state index contributed by atoms with van der Waals surface area (Å²) in [6, 6.07) is 7.03. The Balaban J connectivity index is 1.95. The highest BCUT2D eigenvalue weighted by Gasteiger charge is 2.56. The first kappa shape index (κ1) is 15.8. The fourth-order valence-electron chi connectivity index (χ4n) is 2.13. The summed E-state index contributed by atoms with van der Waals surface area (Å²) in [6.45, 7) is 4.81. The topological polar surface area (TPSA) is 58.2 Å². The van der Waals surface area contributed by atoms with E-state index in [1.807, 2.05) is 0 Å². The number of amides is 2. The Morgan fingerprint density at radius 1 is 1.24 bits per heavy atom. The summed E-state index contributed by atoms with van der Waals surface area (Å²) in [6.07, 6.45) is 2.10. The van der Waals surface area contributed by atoms with E-state index in [0.29, 0.717) is 36.0 Å². The van der Waals surface area contributed by atoms with Crippen molar-refractivity contribution in [1.82, 2.24) is 5.32 Å². The van der Waals surface area contributed by atoms with E-state index in [0.717, 1.165) is 6.42 Å². The smallest absolute Gasteiger partial charge is 0.240 e. The van der Waals surface area contributed by atoms with Gasteiger partial charge in [-0.25, -0.2) is 0 Å². The summed E-state index contributed by atoms with van der Waals surface area (Å²) >= 11 is 6.02. The maximum atomic E-state index is 12.4. The van der Waals surface area contributed by atoms with Gasteiger partial charge in [0.05, 0.1) is 10.7 Å². The molecule has 1 aromatic rings. The number of nitrogens with one attached hydrogen (secondary N) is 2. The molecule has 1 aliphatic carbocycles. The first-order chi connectivity index (χ1) is 9.95. The van der Waals surface area contributed by atoms with Crippen LogP contribution in [0.2, 0.25) is 5.02 Å². The highest BCUT2D eigenvalue weighted by molar-refractivity contribution is 6.34. The molecule has 0 saturated heterocycles. The van der Waals surface area contributed by atoms with Crippen LogP contribution in [-0.4, -0.2) is 18.4 Å². The molecule has 1 aromatic carbocycles. The molecule has 114 valence electrons. The molecule has 5 heteroatoms. The summed E-state index contributed by atoms with van der Waals surface area (Å²) in [5, 5.41) is 6.10. The van der Waals surface area contributed by atoms with Crippen molar-refractivity contribution < 1.29 is 9.59 Å². The lowest BCUT2D eigenvalue weighted by molar-refractivity contribution is -0.134. The molecule has 2 rings (SSSR count). The fraction of sp³-hybridized carbons (Fsp3) is 0.500. The molecule has 0 unspecified atom stereocenters. The maximum Gasteiger partial charge on any atom is 0.240 e. The molecular weight excluding hydrogens is 288 g/mol. The molecule has 1 fully saturated rings. The van der Waals surface area contributed by atoms with Gasteiger partial charge in [-0.1, -0.05) is 37.6 Å². The Morgan fingerprint density at radius 3 is 2.48 bits per heavy atom. The van der Waals surface area contributed by atoms with Crippen LogP contribution in [0.1, 0.15) is 33.1 Å². The molecule has 1 saturated carbocycles. The molecule has 0 aromatic heterocycles. The number of hydrogen-bond donors (Lipinski definition) is 2. The van der Waals surface area contributed by atoms with Gasteiger partial charge in [-0.15, -0.1) is 0 Å². The zero-order chi connectivity index (χ0) is 15.5. The third-order valence-corrected chi connectivity index (χ3v) is 4.08. The van der Waals surface area contributed by atoms with Crippen molar-refractivity contribution in [2.75, 3.05) is 11.9 Å². The third-order valence-electron chi connectivity index (χ3n) is 3.75. The van der Waals surface area contributed by atoms with Crippen LogP contribution in [0.15, 0.2) is 24.3 Å². The second-order valence-electron chi connectivity index (χ2n) is 5.95. The number of carbonyl (C=O) groups excluding carboxylic acids is 2. The Hall–Kier alpha value is -1.55. The van der Waals surface area contributed by atoms with E-state index < -0.39 is 5.41 Å². The predicted molar refractivity (Wildman–Crippen MR) is 84.2 cm³/mol. The van der Waals surface area contributed by atoms with Crippen molar-refractivity contribution in [3.63, 3.8) is 0 Å². The number of carbonyl (C=O) groups is 2. The molecule has 0 heterocycles. The van der Waals surface area contributed by atoms with E-state index in [2.05, 4.69) is 24.5 Å². The van der Waals surface area contributed by atoms with Gasteiger partial charge >= 0.3 is 0 Å². The van der Waals surface area contributed by atoms with Crippen LogP contribution in [0.5, 0.6) is 0 Å². The minimum absolute atomic E-state index is 0.173. The molecule has 2 amide bonds. The average Bonchev–Trinajstić information content (AvgIpc) is 3.22. The van der Waals surface area contributed by atoms with E-state index in [1.54, 1.807) is 24.3 Å². The summed E-state index contributed by atoms with van der Waals surface area (Å²) in [5.41, 5.74) is -0.360. The minimum atomic E-state index is -0.907. The number of halogens is 1. The van der Waals surface area contributed by atoms with E-state index in [-0.39, 0.29) is 11.8 Å². The summed E-state index contributed by atoms with van der Waals surface area (Å²) < 4.78 is 0. The van der Waals surface area contributed by atoms with Gasteiger partial charge in [-0.05, 0) is 37.3 Å². The summed E-state index contributed by atoms with van der Waals surface area (Å²) in [5.74, 6) is 0.0859. The monoisotopic (exact) mass is 308 g/mol. The lowest BCUT2D eigenvalue weighted by Gasteiger charge is -2.16. The van der Waals surface area contributed by atoms with Crippen molar-refractivity contribution in [3.05, 3.63) is 29.3 Å². The Labute approximate surface area is 130 Å². The standard InChI is InChI=1S/C16H21ClN2O2/c1-11(2)7-10-18-14(20)16(8-9-16)15(21)19-13-6-4-3-5-12(13)17/h3-6,11H,7-10H2,1-2H3,(H,18,20)(H,19,21). The van der Waals surface area contributed by atoms with Crippen molar-refractivity contribution in [3.8, 4) is 0 Å². The quantitative estimate of drug-likeness (QED) is 0.793. The molecule has 4 nitrogen and oxygen atoms in total. The van der Waals surface area contributed by atoms with Crippen molar-refractivity contribution in [2.45, 2.75) is 33.1 Å². The van der Waals surface area contributed by atoms with E-state index >= 15 is 0 Å². The zero-order valence-electron chi connectivity index (χ0n) is 12.4. The largest absolute Gasteiger partial charge is 0.355 e. The van der Waals surface area contributed by atoms with Crippen LogP contribution >= 0.6 is 11.6 Å². The van der Waals surface area contributed by atoms with Crippen LogP contribution in [-0.2, 0) is 9.59 Å². The molecule has 0 bridgehead atoms. The number of para-hydroxylation sites is 1.